The molecule has 18 heavy (non-hydrogen) atoms. The molecule has 1 heterocycles. The van der Waals surface area contributed by atoms with E-state index in [9.17, 15) is 13.2 Å². The number of anilines is 2. The average molecular weight is 280 g/mol. The van der Waals surface area contributed by atoms with E-state index >= 15 is 0 Å². The molecule has 1 rings (SSSR count). The van der Waals surface area contributed by atoms with Crippen LogP contribution in [0.1, 0.15) is 13.3 Å². The maximum atomic E-state index is 12.1. The first-order valence-corrected chi connectivity index (χ1v) is 6.64. The van der Waals surface area contributed by atoms with E-state index in [1.165, 1.54) is 17.8 Å². The molecule has 0 fully saturated rings. The van der Waals surface area contributed by atoms with Crippen LogP contribution < -0.4 is 10.6 Å². The van der Waals surface area contributed by atoms with Gasteiger partial charge in [-0.1, -0.05) is 18.7 Å². The zero-order valence-corrected chi connectivity index (χ0v) is 11.0. The second-order valence-electron chi connectivity index (χ2n) is 3.52. The summed E-state index contributed by atoms with van der Waals surface area (Å²) in [5.74, 6) is 0.700. The van der Waals surface area contributed by atoms with Gasteiger partial charge in [-0.3, -0.25) is 0 Å². The van der Waals surface area contributed by atoms with Crippen LogP contribution in [0.2, 0.25) is 0 Å². The molecule has 0 radical (unpaired) electrons. The Morgan fingerprint density at radius 1 is 1.22 bits per heavy atom. The van der Waals surface area contributed by atoms with Gasteiger partial charge in [0.15, 0.2) is 5.16 Å². The molecule has 0 bridgehead atoms. The van der Waals surface area contributed by atoms with Crippen LogP contribution >= 0.6 is 11.8 Å². The number of halogens is 3. The van der Waals surface area contributed by atoms with E-state index < -0.39 is 12.7 Å². The molecule has 0 aliphatic carbocycles. The van der Waals surface area contributed by atoms with Gasteiger partial charge < -0.3 is 10.6 Å². The molecular weight excluding hydrogens is 265 g/mol. The van der Waals surface area contributed by atoms with Crippen LogP contribution in [-0.2, 0) is 0 Å². The lowest BCUT2D eigenvalue weighted by atomic mass is 10.4. The van der Waals surface area contributed by atoms with Crippen molar-refractivity contribution in [1.29, 1.82) is 0 Å². The second-order valence-corrected chi connectivity index (χ2v) is 4.29. The highest BCUT2D eigenvalue weighted by molar-refractivity contribution is 7.98. The van der Waals surface area contributed by atoms with Crippen molar-refractivity contribution >= 4 is 23.4 Å². The maximum absolute atomic E-state index is 12.1. The SMILES string of the molecule is CCCNc1cc(NCC(F)(F)F)nc(SC)n1. The third-order valence-electron chi connectivity index (χ3n) is 1.91. The molecule has 0 saturated heterocycles. The van der Waals surface area contributed by atoms with Gasteiger partial charge in [-0.05, 0) is 12.7 Å². The summed E-state index contributed by atoms with van der Waals surface area (Å²) in [5, 5.41) is 5.70. The maximum Gasteiger partial charge on any atom is 0.405 e. The van der Waals surface area contributed by atoms with E-state index in [1.54, 1.807) is 6.26 Å². The molecule has 0 saturated carbocycles. The Balaban J connectivity index is 2.76. The number of nitrogens with one attached hydrogen (secondary N) is 2. The summed E-state index contributed by atoms with van der Waals surface area (Å²) < 4.78 is 36.3. The van der Waals surface area contributed by atoms with E-state index in [4.69, 9.17) is 0 Å². The number of rotatable bonds is 6. The lowest BCUT2D eigenvalue weighted by molar-refractivity contribution is -0.115. The Morgan fingerprint density at radius 3 is 2.33 bits per heavy atom. The van der Waals surface area contributed by atoms with Crippen LogP contribution in [0.15, 0.2) is 11.2 Å². The topological polar surface area (TPSA) is 49.8 Å². The number of alkyl halides is 3. The molecular formula is C10H15F3N4S. The molecule has 0 amide bonds. The standard InChI is InChI=1S/C10H15F3N4S/c1-3-4-14-7-5-8(15-6-10(11,12)13)17-9(16-7)18-2/h5H,3-4,6H2,1-2H3,(H2,14,15,16,17). The zero-order valence-electron chi connectivity index (χ0n) is 10.1. The average Bonchev–Trinajstić information content (AvgIpc) is 2.32. The lowest BCUT2D eigenvalue weighted by Crippen LogP contribution is -2.22. The van der Waals surface area contributed by atoms with Gasteiger partial charge in [0, 0.05) is 12.6 Å². The Kier molecular flexibility index (Phi) is 5.52. The zero-order chi connectivity index (χ0) is 13.6. The van der Waals surface area contributed by atoms with Gasteiger partial charge in [-0.25, -0.2) is 9.97 Å². The molecule has 0 spiro atoms. The summed E-state index contributed by atoms with van der Waals surface area (Å²) in [7, 11) is 0. The third-order valence-corrected chi connectivity index (χ3v) is 2.46. The van der Waals surface area contributed by atoms with E-state index in [1.807, 2.05) is 6.92 Å². The Bertz CT molecular complexity index is 384. The van der Waals surface area contributed by atoms with Crippen molar-refractivity contribution in [3.8, 4) is 0 Å². The molecule has 0 unspecified atom stereocenters. The molecule has 0 aliphatic heterocycles. The van der Waals surface area contributed by atoms with Crippen molar-refractivity contribution in [2.24, 2.45) is 0 Å². The smallest absolute Gasteiger partial charge is 0.370 e. The summed E-state index contributed by atoms with van der Waals surface area (Å²) >= 11 is 1.28. The van der Waals surface area contributed by atoms with Crippen molar-refractivity contribution in [2.45, 2.75) is 24.7 Å². The second kappa shape index (κ2) is 6.67. The fraction of sp³-hybridized carbons (Fsp3) is 0.600. The van der Waals surface area contributed by atoms with Crippen LogP contribution in [0.5, 0.6) is 0 Å². The minimum atomic E-state index is -4.26. The molecule has 1 aromatic rings. The van der Waals surface area contributed by atoms with Crippen LogP contribution in [0, 0.1) is 0 Å². The molecule has 102 valence electrons. The molecule has 0 aromatic carbocycles. The number of thioether (sulfide) groups is 1. The van der Waals surface area contributed by atoms with Gasteiger partial charge in [0.05, 0.1) is 0 Å². The highest BCUT2D eigenvalue weighted by Gasteiger charge is 2.26. The van der Waals surface area contributed by atoms with Crippen molar-refractivity contribution in [3.63, 3.8) is 0 Å². The summed E-state index contributed by atoms with van der Waals surface area (Å²) in [5.41, 5.74) is 0. The van der Waals surface area contributed by atoms with Gasteiger partial charge >= 0.3 is 6.18 Å². The molecule has 8 heteroatoms. The number of hydrogen-bond donors (Lipinski definition) is 2. The fourth-order valence-corrected chi connectivity index (χ4v) is 1.52. The predicted molar refractivity (Wildman–Crippen MR) is 67.1 cm³/mol. The fourth-order valence-electron chi connectivity index (χ4n) is 1.14. The largest absolute Gasteiger partial charge is 0.405 e. The Labute approximate surface area is 108 Å². The molecule has 1 aromatic heterocycles. The monoisotopic (exact) mass is 280 g/mol. The number of nitrogens with zero attached hydrogens (tertiary/aromatic N) is 2. The molecule has 2 N–H and O–H groups in total. The van der Waals surface area contributed by atoms with Crippen molar-refractivity contribution < 1.29 is 13.2 Å². The highest BCUT2D eigenvalue weighted by Crippen LogP contribution is 2.20. The van der Waals surface area contributed by atoms with E-state index in [0.717, 1.165) is 6.42 Å². The van der Waals surface area contributed by atoms with Crippen LogP contribution in [0.25, 0.3) is 0 Å². The summed E-state index contributed by atoms with van der Waals surface area (Å²) in [6.07, 6.45) is -1.59. The summed E-state index contributed by atoms with van der Waals surface area (Å²) in [6, 6.07) is 1.47. The van der Waals surface area contributed by atoms with Crippen LogP contribution in [0.3, 0.4) is 0 Å². The Hall–Kier alpha value is -1.18. The summed E-state index contributed by atoms with van der Waals surface area (Å²) in [4.78, 5) is 8.12. The van der Waals surface area contributed by atoms with E-state index in [0.29, 0.717) is 17.5 Å². The van der Waals surface area contributed by atoms with Crippen molar-refractivity contribution in [2.75, 3.05) is 30.0 Å². The third kappa shape index (κ3) is 5.44. The van der Waals surface area contributed by atoms with Crippen LogP contribution in [0.4, 0.5) is 24.8 Å². The van der Waals surface area contributed by atoms with Gasteiger partial charge in [-0.15, -0.1) is 0 Å². The first kappa shape index (κ1) is 14.9. The molecule has 0 atom stereocenters. The first-order chi connectivity index (χ1) is 8.44. The quantitative estimate of drug-likeness (QED) is 0.619. The number of hydrogen-bond acceptors (Lipinski definition) is 5. The highest BCUT2D eigenvalue weighted by atomic mass is 32.2. The first-order valence-electron chi connectivity index (χ1n) is 5.42. The van der Waals surface area contributed by atoms with Crippen molar-refractivity contribution in [3.05, 3.63) is 6.07 Å². The molecule has 4 nitrogen and oxygen atoms in total. The van der Waals surface area contributed by atoms with E-state index in [2.05, 4.69) is 20.6 Å². The van der Waals surface area contributed by atoms with Gasteiger partial charge in [-0.2, -0.15) is 13.2 Å². The number of aromatic nitrogens is 2. The van der Waals surface area contributed by atoms with Gasteiger partial charge in [0.25, 0.3) is 0 Å². The minimum Gasteiger partial charge on any atom is -0.370 e. The Morgan fingerprint density at radius 2 is 1.83 bits per heavy atom. The van der Waals surface area contributed by atoms with E-state index in [-0.39, 0.29) is 5.82 Å². The minimum absolute atomic E-state index is 0.172. The van der Waals surface area contributed by atoms with Crippen LogP contribution in [-0.4, -0.2) is 35.5 Å². The predicted octanol–water partition coefficient (Wildman–Crippen LogP) is 2.99. The normalized spacial score (nSPS) is 11.4. The van der Waals surface area contributed by atoms with Gasteiger partial charge in [0.1, 0.15) is 18.2 Å². The van der Waals surface area contributed by atoms with Gasteiger partial charge in [0.2, 0.25) is 0 Å². The lowest BCUT2D eigenvalue weighted by Gasteiger charge is -2.11. The summed E-state index contributed by atoms with van der Waals surface area (Å²) in [6.45, 7) is 1.60. The molecule has 0 aliphatic rings. The van der Waals surface area contributed by atoms with Crippen molar-refractivity contribution in [1.82, 2.24) is 9.97 Å².